The predicted octanol–water partition coefficient (Wildman–Crippen LogP) is 3.32. The molecule has 3 rings (SSSR count). The van der Waals surface area contributed by atoms with Crippen molar-refractivity contribution in [3.8, 4) is 0 Å². The fourth-order valence-corrected chi connectivity index (χ4v) is 4.72. The van der Waals surface area contributed by atoms with Gasteiger partial charge in [0.25, 0.3) is 5.91 Å². The Morgan fingerprint density at radius 3 is 2.24 bits per heavy atom. The van der Waals surface area contributed by atoms with Gasteiger partial charge in [-0.05, 0) is 42.2 Å². The smallest absolute Gasteiger partial charge is 0.251 e. The van der Waals surface area contributed by atoms with Gasteiger partial charge in [-0.25, -0.2) is 8.42 Å². The minimum atomic E-state index is -3.64. The molecule has 1 heterocycles. The molecule has 0 saturated carbocycles. The number of nitrogens with zero attached hydrogens (tertiary/aromatic N) is 1. The van der Waals surface area contributed by atoms with E-state index in [1.54, 1.807) is 12.1 Å². The fraction of sp³-hybridized carbons (Fsp3) is 0.409. The van der Waals surface area contributed by atoms with Crippen molar-refractivity contribution in [1.29, 1.82) is 0 Å². The molecule has 1 atom stereocenters. The first-order valence-electron chi connectivity index (χ1n) is 9.87. The lowest BCUT2D eigenvalue weighted by atomic mass is 9.99. The Morgan fingerprint density at radius 2 is 1.62 bits per heavy atom. The summed E-state index contributed by atoms with van der Waals surface area (Å²) in [5.41, 5.74) is 2.57. The van der Waals surface area contributed by atoms with Gasteiger partial charge in [0.2, 0.25) is 10.0 Å². The van der Waals surface area contributed by atoms with Gasteiger partial charge in [-0.15, -0.1) is 0 Å². The summed E-state index contributed by atoms with van der Waals surface area (Å²) in [4.78, 5) is 12.8. The van der Waals surface area contributed by atoms with E-state index in [2.05, 4.69) is 31.3 Å². The molecular weight excluding hydrogens is 388 g/mol. The van der Waals surface area contributed by atoms with Gasteiger partial charge in [0.05, 0.1) is 24.2 Å². The van der Waals surface area contributed by atoms with Gasteiger partial charge in [0, 0.05) is 18.7 Å². The van der Waals surface area contributed by atoms with Crippen molar-refractivity contribution in [2.75, 3.05) is 26.3 Å². The Bertz CT molecular complexity index is 949. The minimum Gasteiger partial charge on any atom is -0.379 e. The first-order chi connectivity index (χ1) is 13.8. The molecule has 29 heavy (non-hydrogen) atoms. The van der Waals surface area contributed by atoms with Crippen molar-refractivity contribution in [3.05, 3.63) is 65.2 Å². The molecule has 0 aromatic heterocycles. The van der Waals surface area contributed by atoms with E-state index in [-0.39, 0.29) is 16.8 Å². The molecule has 2 aromatic carbocycles. The van der Waals surface area contributed by atoms with E-state index in [4.69, 9.17) is 4.74 Å². The maximum Gasteiger partial charge on any atom is 0.251 e. The molecule has 0 bridgehead atoms. The molecule has 1 fully saturated rings. The Morgan fingerprint density at radius 1 is 1.00 bits per heavy atom. The number of ether oxygens (including phenoxy) is 1. The van der Waals surface area contributed by atoms with Crippen LogP contribution < -0.4 is 5.32 Å². The number of benzene rings is 2. The number of carbonyl (C=O) groups is 1. The molecule has 0 unspecified atom stereocenters. The maximum absolute atomic E-state index is 12.8. The summed E-state index contributed by atoms with van der Waals surface area (Å²) in [5.74, 6) is 0.148. The zero-order valence-electron chi connectivity index (χ0n) is 17.1. The number of hydrogen-bond donors (Lipinski definition) is 1. The van der Waals surface area contributed by atoms with Crippen LogP contribution in [0.4, 0.5) is 0 Å². The van der Waals surface area contributed by atoms with E-state index in [0.29, 0.717) is 37.8 Å². The van der Waals surface area contributed by atoms with Gasteiger partial charge in [0.15, 0.2) is 0 Å². The molecule has 0 aliphatic carbocycles. The molecule has 7 heteroatoms. The first kappa shape index (κ1) is 21.5. The van der Waals surface area contributed by atoms with E-state index in [1.807, 2.05) is 19.1 Å². The van der Waals surface area contributed by atoms with Gasteiger partial charge in [-0.2, -0.15) is 4.31 Å². The van der Waals surface area contributed by atoms with Gasteiger partial charge >= 0.3 is 0 Å². The van der Waals surface area contributed by atoms with Crippen LogP contribution in [0.1, 0.15) is 54.2 Å². The highest BCUT2D eigenvalue weighted by Gasteiger charge is 2.27. The summed E-state index contributed by atoms with van der Waals surface area (Å²) in [6, 6.07) is 14.2. The number of amides is 1. The van der Waals surface area contributed by atoms with Gasteiger partial charge < -0.3 is 10.1 Å². The molecule has 2 aromatic rings. The normalized spacial score (nSPS) is 16.6. The number of hydrogen-bond acceptors (Lipinski definition) is 4. The average molecular weight is 417 g/mol. The Hall–Kier alpha value is -2.22. The van der Waals surface area contributed by atoms with Crippen LogP contribution in [0.5, 0.6) is 0 Å². The van der Waals surface area contributed by atoms with E-state index in [0.717, 1.165) is 5.56 Å². The van der Waals surface area contributed by atoms with Crippen molar-refractivity contribution in [2.24, 2.45) is 0 Å². The Kier molecular flexibility index (Phi) is 6.72. The van der Waals surface area contributed by atoms with E-state index >= 15 is 0 Å². The Labute approximate surface area is 172 Å². The Balaban J connectivity index is 1.73. The van der Waals surface area contributed by atoms with Crippen LogP contribution in [-0.4, -0.2) is 44.9 Å². The zero-order valence-corrected chi connectivity index (χ0v) is 17.9. The van der Waals surface area contributed by atoms with Crippen LogP contribution in [0.3, 0.4) is 0 Å². The second kappa shape index (κ2) is 9.07. The van der Waals surface area contributed by atoms with Crippen LogP contribution in [0.2, 0.25) is 0 Å². The summed E-state index contributed by atoms with van der Waals surface area (Å²) in [6.45, 7) is 7.59. The summed E-state index contributed by atoms with van der Waals surface area (Å²) in [7, 11) is -3.64. The molecule has 1 saturated heterocycles. The lowest BCUT2D eigenvalue weighted by Gasteiger charge is -2.26. The third kappa shape index (κ3) is 5.04. The van der Waals surface area contributed by atoms with E-state index < -0.39 is 10.0 Å². The second-order valence-corrected chi connectivity index (χ2v) is 9.50. The average Bonchev–Trinajstić information content (AvgIpc) is 2.74. The molecule has 1 N–H and O–H groups in total. The largest absolute Gasteiger partial charge is 0.379 e. The molecule has 1 aliphatic rings. The topological polar surface area (TPSA) is 75.7 Å². The zero-order chi connectivity index (χ0) is 21.0. The highest BCUT2D eigenvalue weighted by Crippen LogP contribution is 2.21. The molecule has 1 amide bonds. The number of rotatable bonds is 6. The van der Waals surface area contributed by atoms with E-state index in [9.17, 15) is 13.2 Å². The van der Waals surface area contributed by atoms with Gasteiger partial charge in [-0.1, -0.05) is 44.2 Å². The van der Waals surface area contributed by atoms with Crippen molar-refractivity contribution in [3.63, 3.8) is 0 Å². The summed E-state index contributed by atoms with van der Waals surface area (Å²) in [5, 5.41) is 2.95. The summed E-state index contributed by atoms with van der Waals surface area (Å²) >= 11 is 0. The fourth-order valence-electron chi connectivity index (χ4n) is 3.27. The van der Waals surface area contributed by atoms with Gasteiger partial charge in [-0.3, -0.25) is 4.79 Å². The third-order valence-electron chi connectivity index (χ3n) is 5.15. The van der Waals surface area contributed by atoms with Crippen LogP contribution in [0.25, 0.3) is 0 Å². The molecule has 1 aliphatic heterocycles. The lowest BCUT2D eigenvalue weighted by Crippen LogP contribution is -2.40. The minimum absolute atomic E-state index is 0.126. The van der Waals surface area contributed by atoms with Crippen LogP contribution >= 0.6 is 0 Å². The van der Waals surface area contributed by atoms with E-state index in [1.165, 1.54) is 22.0 Å². The number of nitrogens with one attached hydrogen (secondary N) is 1. The molecule has 6 nitrogen and oxygen atoms in total. The predicted molar refractivity (Wildman–Crippen MR) is 112 cm³/mol. The van der Waals surface area contributed by atoms with Crippen LogP contribution in [-0.2, 0) is 14.8 Å². The van der Waals surface area contributed by atoms with Crippen molar-refractivity contribution >= 4 is 15.9 Å². The van der Waals surface area contributed by atoms with Crippen molar-refractivity contribution < 1.29 is 17.9 Å². The second-order valence-electron chi connectivity index (χ2n) is 7.56. The standard InChI is InChI=1S/C22H28N2O4S/c1-16(2)18-7-9-19(10-8-18)17(3)23-22(25)20-5-4-6-21(15-20)29(26,27)24-11-13-28-14-12-24/h4-10,15-17H,11-14H2,1-3H3,(H,23,25)/t17-/m1/s1. The highest BCUT2D eigenvalue weighted by molar-refractivity contribution is 7.89. The SMILES string of the molecule is CC(C)c1ccc([C@@H](C)NC(=O)c2cccc(S(=O)(=O)N3CCOCC3)c2)cc1. The molecule has 156 valence electrons. The lowest BCUT2D eigenvalue weighted by molar-refractivity contribution is 0.0730. The molecule has 0 spiro atoms. The molecular formula is C22H28N2O4S. The quantitative estimate of drug-likeness (QED) is 0.784. The number of morpholine rings is 1. The monoisotopic (exact) mass is 416 g/mol. The highest BCUT2D eigenvalue weighted by atomic mass is 32.2. The van der Waals surface area contributed by atoms with Crippen molar-refractivity contribution in [1.82, 2.24) is 9.62 Å². The summed E-state index contributed by atoms with van der Waals surface area (Å²) < 4.78 is 32.3. The van der Waals surface area contributed by atoms with Crippen LogP contribution in [0, 0.1) is 0 Å². The number of carbonyl (C=O) groups excluding carboxylic acids is 1. The van der Waals surface area contributed by atoms with Crippen molar-refractivity contribution in [2.45, 2.75) is 37.6 Å². The summed E-state index contributed by atoms with van der Waals surface area (Å²) in [6.07, 6.45) is 0. The van der Waals surface area contributed by atoms with Gasteiger partial charge in [0.1, 0.15) is 0 Å². The maximum atomic E-state index is 12.8. The molecule has 0 radical (unpaired) electrons. The van der Waals surface area contributed by atoms with Crippen LogP contribution in [0.15, 0.2) is 53.4 Å². The third-order valence-corrected chi connectivity index (χ3v) is 7.05. The number of sulfonamides is 1. The first-order valence-corrected chi connectivity index (χ1v) is 11.3.